The monoisotopic (exact) mass is 376 g/mol. The minimum absolute atomic E-state index is 0.0967. The van der Waals surface area contributed by atoms with Crippen molar-refractivity contribution in [3.05, 3.63) is 69.8 Å². The van der Waals surface area contributed by atoms with Crippen molar-refractivity contribution < 1.29 is 4.74 Å². The van der Waals surface area contributed by atoms with E-state index in [1.807, 2.05) is 37.3 Å². The maximum Gasteiger partial charge on any atom is 0.253 e. The molecule has 2 aromatic heterocycles. The summed E-state index contributed by atoms with van der Waals surface area (Å²) >= 11 is 0. The number of methoxy groups -OCH3 is 1. The molecular weight excluding hydrogens is 356 g/mol. The third kappa shape index (κ3) is 3.32. The van der Waals surface area contributed by atoms with E-state index in [0.717, 1.165) is 27.8 Å². The Labute approximate surface area is 161 Å². The molecule has 2 heterocycles. The first-order chi connectivity index (χ1) is 13.5. The summed E-state index contributed by atoms with van der Waals surface area (Å²) in [6.07, 6.45) is 1.50. The van der Waals surface area contributed by atoms with Crippen LogP contribution in [0.2, 0.25) is 0 Å². The van der Waals surface area contributed by atoms with E-state index in [9.17, 15) is 4.79 Å². The van der Waals surface area contributed by atoms with Gasteiger partial charge >= 0.3 is 0 Å². The fourth-order valence-electron chi connectivity index (χ4n) is 3.10. The van der Waals surface area contributed by atoms with Crippen molar-refractivity contribution in [3.63, 3.8) is 0 Å². The number of ether oxygens (including phenoxy) is 1. The Hall–Kier alpha value is -3.68. The molecule has 8 nitrogen and oxygen atoms in total. The summed E-state index contributed by atoms with van der Waals surface area (Å²) in [7, 11) is 1.59. The number of nitrogens with zero attached hydrogens (tertiary/aromatic N) is 4. The van der Waals surface area contributed by atoms with Crippen molar-refractivity contribution in [2.24, 2.45) is 0 Å². The van der Waals surface area contributed by atoms with E-state index in [1.54, 1.807) is 7.11 Å². The highest BCUT2D eigenvalue weighted by Crippen LogP contribution is 2.26. The van der Waals surface area contributed by atoms with Crippen LogP contribution in [0.25, 0.3) is 16.6 Å². The molecule has 2 N–H and O–H groups in total. The normalized spacial score (nSPS) is 11.0. The van der Waals surface area contributed by atoms with Crippen molar-refractivity contribution in [2.45, 2.75) is 20.4 Å². The fourth-order valence-corrected chi connectivity index (χ4v) is 3.10. The molecular formula is C20H20N6O2. The van der Waals surface area contributed by atoms with Crippen LogP contribution in [0.1, 0.15) is 16.7 Å². The third-order valence-corrected chi connectivity index (χ3v) is 4.79. The zero-order valence-corrected chi connectivity index (χ0v) is 15.9. The molecule has 28 heavy (non-hydrogen) atoms. The van der Waals surface area contributed by atoms with Gasteiger partial charge in [0.05, 0.1) is 7.11 Å². The molecule has 0 spiro atoms. The van der Waals surface area contributed by atoms with Gasteiger partial charge < -0.3 is 15.0 Å². The van der Waals surface area contributed by atoms with E-state index in [4.69, 9.17) is 4.74 Å². The van der Waals surface area contributed by atoms with Crippen molar-refractivity contribution in [2.75, 3.05) is 12.4 Å². The first-order valence-electron chi connectivity index (χ1n) is 8.83. The molecule has 4 rings (SSSR count). The van der Waals surface area contributed by atoms with Gasteiger partial charge in [-0.1, -0.05) is 0 Å². The van der Waals surface area contributed by atoms with Crippen molar-refractivity contribution in [1.29, 1.82) is 0 Å². The minimum atomic E-state index is -0.0967. The Balaban J connectivity index is 1.60. The van der Waals surface area contributed by atoms with Crippen LogP contribution < -0.4 is 15.6 Å². The highest BCUT2D eigenvalue weighted by molar-refractivity contribution is 5.80. The summed E-state index contributed by atoms with van der Waals surface area (Å²) in [4.78, 5) is 15.4. The van der Waals surface area contributed by atoms with Gasteiger partial charge in [0.2, 0.25) is 0 Å². The molecule has 8 heteroatoms. The molecule has 0 saturated heterocycles. The average molecular weight is 376 g/mol. The quantitative estimate of drug-likeness (QED) is 0.556. The number of rotatable bonds is 5. The van der Waals surface area contributed by atoms with Crippen molar-refractivity contribution >= 4 is 16.6 Å². The predicted octanol–water partition coefficient (Wildman–Crippen LogP) is 2.74. The number of aromatic nitrogens is 5. The lowest BCUT2D eigenvalue weighted by Gasteiger charge is -2.12. The number of hydrogen-bond acceptors (Lipinski definition) is 6. The van der Waals surface area contributed by atoms with E-state index >= 15 is 0 Å². The Morgan fingerprint density at radius 3 is 2.71 bits per heavy atom. The molecule has 0 aliphatic heterocycles. The minimum Gasteiger partial charge on any atom is -0.494 e. The van der Waals surface area contributed by atoms with Gasteiger partial charge in [-0.05, 0) is 71.1 Å². The summed E-state index contributed by atoms with van der Waals surface area (Å²) in [6.45, 7) is 4.50. The molecule has 0 unspecified atom stereocenters. The Morgan fingerprint density at radius 1 is 1.14 bits per heavy atom. The molecule has 0 atom stereocenters. The Bertz CT molecular complexity index is 1200. The lowest BCUT2D eigenvalue weighted by Crippen LogP contribution is -2.15. The largest absolute Gasteiger partial charge is 0.494 e. The van der Waals surface area contributed by atoms with Gasteiger partial charge in [0, 0.05) is 29.4 Å². The van der Waals surface area contributed by atoms with Crippen molar-refractivity contribution in [3.8, 4) is 11.4 Å². The van der Waals surface area contributed by atoms with E-state index < -0.39 is 0 Å². The lowest BCUT2D eigenvalue weighted by molar-refractivity contribution is 0.411. The van der Waals surface area contributed by atoms with Gasteiger partial charge in [-0.15, -0.1) is 5.10 Å². The standard InChI is InChI=1S/C20H20N6O2/c1-12-6-14-8-15(20(27)23-17(14)7-13(12)2)10-21-16-4-5-18(19(9-16)28-3)26-11-22-24-25-26/h4-9,11,21H,10H2,1-3H3,(H,23,27). The zero-order valence-electron chi connectivity index (χ0n) is 15.9. The smallest absolute Gasteiger partial charge is 0.253 e. The Kier molecular flexibility index (Phi) is 4.52. The third-order valence-electron chi connectivity index (χ3n) is 4.79. The topological polar surface area (TPSA) is 97.7 Å². The lowest BCUT2D eigenvalue weighted by atomic mass is 10.0. The number of tetrazole rings is 1. The summed E-state index contributed by atoms with van der Waals surface area (Å²) in [5, 5.41) is 15.5. The van der Waals surface area contributed by atoms with Gasteiger partial charge in [-0.3, -0.25) is 4.79 Å². The van der Waals surface area contributed by atoms with Crippen LogP contribution in [-0.2, 0) is 6.54 Å². The van der Waals surface area contributed by atoms with E-state index in [0.29, 0.717) is 17.9 Å². The number of benzene rings is 2. The molecule has 0 amide bonds. The van der Waals surface area contributed by atoms with Crippen LogP contribution in [0.3, 0.4) is 0 Å². The summed E-state index contributed by atoms with van der Waals surface area (Å²) in [5.74, 6) is 0.621. The number of nitrogens with one attached hydrogen (secondary N) is 2. The number of pyridine rings is 1. The molecule has 0 radical (unpaired) electrons. The van der Waals surface area contributed by atoms with E-state index in [-0.39, 0.29) is 5.56 Å². The summed E-state index contributed by atoms with van der Waals surface area (Å²) in [6, 6.07) is 11.6. The number of aromatic amines is 1. The molecule has 4 aromatic rings. The van der Waals surface area contributed by atoms with Crippen LogP contribution in [-0.4, -0.2) is 32.3 Å². The maximum absolute atomic E-state index is 12.4. The average Bonchev–Trinajstić information content (AvgIpc) is 3.22. The second-order valence-electron chi connectivity index (χ2n) is 6.64. The second-order valence-corrected chi connectivity index (χ2v) is 6.64. The highest BCUT2D eigenvalue weighted by atomic mass is 16.5. The predicted molar refractivity (Wildman–Crippen MR) is 107 cm³/mol. The first-order valence-corrected chi connectivity index (χ1v) is 8.83. The molecule has 142 valence electrons. The number of hydrogen-bond donors (Lipinski definition) is 2. The van der Waals surface area contributed by atoms with E-state index in [1.165, 1.54) is 16.6 Å². The van der Waals surface area contributed by atoms with Crippen molar-refractivity contribution in [1.82, 2.24) is 25.2 Å². The number of fused-ring (bicyclic) bond motifs is 1. The molecule has 0 aliphatic rings. The second kappa shape index (κ2) is 7.15. The van der Waals surface area contributed by atoms with Crippen LogP contribution >= 0.6 is 0 Å². The van der Waals surface area contributed by atoms with Gasteiger partial charge in [0.1, 0.15) is 17.8 Å². The van der Waals surface area contributed by atoms with Crippen LogP contribution in [0.4, 0.5) is 5.69 Å². The molecule has 0 saturated carbocycles. The SMILES string of the molecule is COc1cc(NCc2cc3cc(C)c(C)cc3[nH]c2=O)ccc1-n1cnnn1. The van der Waals surface area contributed by atoms with Crippen LogP contribution in [0.15, 0.2) is 47.5 Å². The molecule has 0 bridgehead atoms. The van der Waals surface area contributed by atoms with Gasteiger partial charge in [-0.25, -0.2) is 0 Å². The fraction of sp³-hybridized carbons (Fsp3) is 0.200. The number of aryl methyl sites for hydroxylation is 2. The highest BCUT2D eigenvalue weighted by Gasteiger charge is 2.09. The number of H-pyrrole nitrogens is 1. The van der Waals surface area contributed by atoms with Gasteiger partial charge in [0.15, 0.2) is 0 Å². The van der Waals surface area contributed by atoms with Gasteiger partial charge in [-0.2, -0.15) is 4.68 Å². The first kappa shape index (κ1) is 17.7. The molecule has 0 aliphatic carbocycles. The number of anilines is 1. The van der Waals surface area contributed by atoms with E-state index in [2.05, 4.69) is 38.8 Å². The molecule has 2 aromatic carbocycles. The maximum atomic E-state index is 12.4. The molecule has 0 fully saturated rings. The van der Waals surface area contributed by atoms with Crippen LogP contribution in [0, 0.1) is 13.8 Å². The zero-order chi connectivity index (χ0) is 19.7. The van der Waals surface area contributed by atoms with Crippen LogP contribution in [0.5, 0.6) is 5.75 Å². The summed E-state index contributed by atoms with van der Waals surface area (Å²) in [5.41, 5.74) is 5.33. The Morgan fingerprint density at radius 2 is 1.96 bits per heavy atom. The summed E-state index contributed by atoms with van der Waals surface area (Å²) < 4.78 is 6.97. The van der Waals surface area contributed by atoms with Gasteiger partial charge in [0.25, 0.3) is 5.56 Å².